The monoisotopic (exact) mass is 219 g/mol. The highest BCUT2D eigenvalue weighted by molar-refractivity contribution is 5.53. The normalized spacial score (nSPS) is 10.8. The molecule has 15 heavy (non-hydrogen) atoms. The molecule has 1 N–H and O–H groups in total. The fourth-order valence-corrected chi connectivity index (χ4v) is 1.37. The first-order valence-corrected chi connectivity index (χ1v) is 4.43. The van der Waals surface area contributed by atoms with Gasteiger partial charge in [-0.2, -0.15) is 0 Å². The van der Waals surface area contributed by atoms with Crippen LogP contribution >= 0.6 is 0 Å². The second-order valence-electron chi connectivity index (χ2n) is 3.17. The average Bonchev–Trinajstić information content (AvgIpc) is 2.16. The van der Waals surface area contributed by atoms with Crippen molar-refractivity contribution in [3.63, 3.8) is 0 Å². The Morgan fingerprint density at radius 2 is 2.07 bits per heavy atom. The molecule has 5 heteroatoms. The van der Waals surface area contributed by atoms with Crippen LogP contribution in [-0.2, 0) is 6.61 Å². The maximum Gasteiger partial charge on any atom is 0.255 e. The van der Waals surface area contributed by atoms with E-state index in [1.165, 1.54) is 30.1 Å². The lowest BCUT2D eigenvalue weighted by Gasteiger charge is -2.21. The second kappa shape index (κ2) is 5.02. The molecule has 0 heterocycles. The van der Waals surface area contributed by atoms with Gasteiger partial charge in [0.2, 0.25) is 0 Å². The Hall–Kier alpha value is -1.23. The van der Waals surface area contributed by atoms with Gasteiger partial charge in [-0.05, 0) is 12.1 Å². The molecule has 0 aliphatic heterocycles. The maximum atomic E-state index is 13.2. The molecule has 1 rings (SSSR count). The van der Waals surface area contributed by atoms with Crippen LogP contribution in [0.3, 0.4) is 0 Å². The predicted octanol–water partition coefficient (Wildman–Crippen LogP) is 2.02. The first kappa shape index (κ1) is 11.8. The van der Waals surface area contributed by atoms with Crippen molar-refractivity contribution in [3.05, 3.63) is 29.6 Å². The smallest absolute Gasteiger partial charge is 0.255 e. The molecular formula is C10H12F3NO. The van der Waals surface area contributed by atoms with Crippen molar-refractivity contribution in [1.82, 2.24) is 0 Å². The highest BCUT2D eigenvalue weighted by atomic mass is 19.3. The van der Waals surface area contributed by atoms with E-state index >= 15 is 0 Å². The average molecular weight is 219 g/mol. The van der Waals surface area contributed by atoms with E-state index in [4.69, 9.17) is 5.11 Å². The molecule has 0 aliphatic carbocycles. The fourth-order valence-electron chi connectivity index (χ4n) is 1.37. The minimum Gasteiger partial charge on any atom is -0.391 e. The largest absolute Gasteiger partial charge is 0.391 e. The fraction of sp³-hybridized carbons (Fsp3) is 0.400. The Labute approximate surface area is 85.9 Å². The molecule has 0 bridgehead atoms. The lowest BCUT2D eigenvalue weighted by molar-refractivity contribution is 0.156. The lowest BCUT2D eigenvalue weighted by atomic mass is 10.1. The van der Waals surface area contributed by atoms with Gasteiger partial charge < -0.3 is 10.0 Å². The van der Waals surface area contributed by atoms with E-state index in [0.29, 0.717) is 0 Å². The van der Waals surface area contributed by atoms with Gasteiger partial charge in [-0.3, -0.25) is 0 Å². The summed E-state index contributed by atoms with van der Waals surface area (Å²) in [6.07, 6.45) is -2.50. The van der Waals surface area contributed by atoms with Gasteiger partial charge in [-0.15, -0.1) is 0 Å². The molecule has 2 nitrogen and oxygen atoms in total. The molecule has 0 spiro atoms. The zero-order valence-electron chi connectivity index (χ0n) is 8.25. The summed E-state index contributed by atoms with van der Waals surface area (Å²) in [5, 5.41) is 8.93. The van der Waals surface area contributed by atoms with Crippen LogP contribution in [0.2, 0.25) is 0 Å². The topological polar surface area (TPSA) is 23.5 Å². The summed E-state index contributed by atoms with van der Waals surface area (Å²) in [4.78, 5) is 1.22. The molecule has 84 valence electrons. The Balaban J connectivity index is 2.97. The van der Waals surface area contributed by atoms with E-state index in [1.54, 1.807) is 0 Å². The van der Waals surface area contributed by atoms with Gasteiger partial charge in [0.15, 0.2) is 0 Å². The minimum atomic E-state index is -2.50. The third-order valence-electron chi connectivity index (χ3n) is 2.08. The molecule has 1 aromatic carbocycles. The van der Waals surface area contributed by atoms with Gasteiger partial charge >= 0.3 is 0 Å². The molecule has 0 fully saturated rings. The lowest BCUT2D eigenvalue weighted by Crippen LogP contribution is -2.25. The Bertz CT molecular complexity index is 330. The number of anilines is 1. The summed E-state index contributed by atoms with van der Waals surface area (Å²) in [7, 11) is 1.43. The van der Waals surface area contributed by atoms with Crippen LogP contribution in [0, 0.1) is 5.82 Å². The van der Waals surface area contributed by atoms with E-state index in [9.17, 15) is 13.2 Å². The molecule has 1 aromatic rings. The molecule has 0 aliphatic rings. The first-order valence-electron chi connectivity index (χ1n) is 4.43. The molecule has 0 amide bonds. The van der Waals surface area contributed by atoms with Crippen molar-refractivity contribution >= 4 is 5.69 Å². The maximum absolute atomic E-state index is 13.2. The third kappa shape index (κ3) is 2.86. The van der Waals surface area contributed by atoms with Crippen molar-refractivity contribution in [2.45, 2.75) is 13.0 Å². The van der Waals surface area contributed by atoms with E-state index in [0.717, 1.165) is 0 Å². The number of alkyl halides is 2. The zero-order valence-corrected chi connectivity index (χ0v) is 8.25. The van der Waals surface area contributed by atoms with Crippen molar-refractivity contribution in [1.29, 1.82) is 0 Å². The second-order valence-corrected chi connectivity index (χ2v) is 3.17. The van der Waals surface area contributed by atoms with Gasteiger partial charge in [-0.1, -0.05) is 6.07 Å². The number of benzene rings is 1. The van der Waals surface area contributed by atoms with Crippen molar-refractivity contribution < 1.29 is 18.3 Å². The number of aliphatic hydroxyl groups is 1. The van der Waals surface area contributed by atoms with Crippen molar-refractivity contribution in [2.75, 3.05) is 18.5 Å². The summed E-state index contributed by atoms with van der Waals surface area (Å²) < 4.78 is 37.4. The van der Waals surface area contributed by atoms with Gasteiger partial charge in [0.25, 0.3) is 6.43 Å². The van der Waals surface area contributed by atoms with Crippen LogP contribution < -0.4 is 4.90 Å². The third-order valence-corrected chi connectivity index (χ3v) is 2.08. The molecular weight excluding hydrogens is 207 g/mol. The number of halogens is 3. The number of hydrogen-bond donors (Lipinski definition) is 1. The molecule has 0 aromatic heterocycles. The van der Waals surface area contributed by atoms with Crippen LogP contribution in [0.25, 0.3) is 0 Å². The molecule has 0 atom stereocenters. The van der Waals surface area contributed by atoms with E-state index in [-0.39, 0.29) is 11.3 Å². The van der Waals surface area contributed by atoms with Crippen LogP contribution in [0.5, 0.6) is 0 Å². The Kier molecular flexibility index (Phi) is 3.96. The van der Waals surface area contributed by atoms with Crippen LogP contribution in [-0.4, -0.2) is 25.1 Å². The summed E-state index contributed by atoms with van der Waals surface area (Å²) >= 11 is 0. The summed E-state index contributed by atoms with van der Waals surface area (Å²) in [6, 6.07) is 4.11. The molecule has 0 saturated heterocycles. The van der Waals surface area contributed by atoms with Gasteiger partial charge in [0.05, 0.1) is 13.2 Å². The Morgan fingerprint density at radius 3 is 2.60 bits per heavy atom. The number of aliphatic hydroxyl groups excluding tert-OH is 1. The predicted molar refractivity (Wildman–Crippen MR) is 51.6 cm³/mol. The van der Waals surface area contributed by atoms with E-state index in [1.807, 2.05) is 0 Å². The summed E-state index contributed by atoms with van der Waals surface area (Å²) in [5.74, 6) is -0.587. The van der Waals surface area contributed by atoms with Crippen molar-refractivity contribution in [2.24, 2.45) is 0 Å². The number of nitrogens with zero attached hydrogens (tertiary/aromatic N) is 1. The SMILES string of the molecule is CN(CC(F)F)c1cccc(F)c1CO. The van der Waals surface area contributed by atoms with Crippen molar-refractivity contribution in [3.8, 4) is 0 Å². The van der Waals surface area contributed by atoms with Gasteiger partial charge in [0.1, 0.15) is 5.82 Å². The van der Waals surface area contributed by atoms with Gasteiger partial charge in [-0.25, -0.2) is 13.2 Å². The van der Waals surface area contributed by atoms with Crippen LogP contribution in [0.15, 0.2) is 18.2 Å². The number of rotatable bonds is 4. The van der Waals surface area contributed by atoms with Crippen LogP contribution in [0.4, 0.5) is 18.9 Å². The van der Waals surface area contributed by atoms with Crippen LogP contribution in [0.1, 0.15) is 5.56 Å². The minimum absolute atomic E-state index is 0.0423. The zero-order chi connectivity index (χ0) is 11.4. The molecule has 0 radical (unpaired) electrons. The van der Waals surface area contributed by atoms with Gasteiger partial charge in [0, 0.05) is 18.3 Å². The molecule has 0 saturated carbocycles. The van der Waals surface area contributed by atoms with E-state index in [2.05, 4.69) is 0 Å². The highest BCUT2D eigenvalue weighted by Crippen LogP contribution is 2.22. The van der Waals surface area contributed by atoms with E-state index < -0.39 is 25.4 Å². The summed E-state index contributed by atoms with van der Waals surface area (Å²) in [6.45, 7) is -0.994. The Morgan fingerprint density at radius 1 is 1.40 bits per heavy atom. The molecule has 0 unspecified atom stereocenters. The standard InChI is InChI=1S/C10H12F3NO/c1-14(5-10(12)13)9-4-2-3-8(11)7(9)6-15/h2-4,10,15H,5-6H2,1H3. The quantitative estimate of drug-likeness (QED) is 0.837. The highest BCUT2D eigenvalue weighted by Gasteiger charge is 2.14. The summed E-state index contributed by atoms with van der Waals surface area (Å²) in [5.41, 5.74) is 0.332. The number of hydrogen-bond acceptors (Lipinski definition) is 2. The first-order chi connectivity index (χ1) is 7.06.